The Hall–Kier alpha value is -2.09. The van der Waals surface area contributed by atoms with E-state index in [1.165, 1.54) is 23.0 Å². The van der Waals surface area contributed by atoms with Gasteiger partial charge in [-0.15, -0.1) is 0 Å². The summed E-state index contributed by atoms with van der Waals surface area (Å²) in [6, 6.07) is 10.4. The second-order valence-electron chi connectivity index (χ2n) is 4.37. The molecule has 0 atom stereocenters. The minimum Gasteiger partial charge on any atom is -0.397 e. The van der Waals surface area contributed by atoms with Crippen LogP contribution in [0, 0.1) is 5.82 Å². The van der Waals surface area contributed by atoms with Crippen LogP contribution in [0.3, 0.4) is 0 Å². The molecule has 0 saturated carbocycles. The van der Waals surface area contributed by atoms with E-state index in [9.17, 15) is 4.39 Å². The van der Waals surface area contributed by atoms with Gasteiger partial charge < -0.3 is 10.7 Å². The molecule has 1 heterocycles. The largest absolute Gasteiger partial charge is 0.397 e. The maximum atomic E-state index is 12.8. The zero-order valence-corrected chi connectivity index (χ0v) is 12.1. The van der Waals surface area contributed by atoms with E-state index in [0.29, 0.717) is 17.9 Å². The molecule has 0 bridgehead atoms. The van der Waals surface area contributed by atoms with Crippen molar-refractivity contribution in [2.45, 2.75) is 11.4 Å². The standard InChI is InChI=1S/C14H16FN5S/c15-11-3-4-12(19-7-11)8-20(17)9-14(16)10-1-5-13(21-18)6-2-10/h1-7,9H,8,16-18H2/b14-9-. The molecule has 7 heteroatoms. The topological polar surface area (TPSA) is 94.2 Å². The van der Waals surface area contributed by atoms with E-state index in [2.05, 4.69) is 4.98 Å². The lowest BCUT2D eigenvalue weighted by molar-refractivity contribution is 0.382. The van der Waals surface area contributed by atoms with Crippen LogP contribution in [0.25, 0.3) is 5.70 Å². The average Bonchev–Trinajstić information content (AvgIpc) is 2.49. The Morgan fingerprint density at radius 2 is 1.95 bits per heavy atom. The van der Waals surface area contributed by atoms with E-state index in [-0.39, 0.29) is 5.82 Å². The quantitative estimate of drug-likeness (QED) is 0.443. The number of nitrogens with zero attached hydrogens (tertiary/aromatic N) is 2. The smallest absolute Gasteiger partial charge is 0.141 e. The molecule has 21 heavy (non-hydrogen) atoms. The molecule has 6 N–H and O–H groups in total. The molecule has 0 aliphatic rings. The summed E-state index contributed by atoms with van der Waals surface area (Å²) in [7, 11) is 0. The van der Waals surface area contributed by atoms with Crippen LogP contribution in [0.4, 0.5) is 4.39 Å². The van der Waals surface area contributed by atoms with Gasteiger partial charge >= 0.3 is 0 Å². The zero-order chi connectivity index (χ0) is 15.2. The van der Waals surface area contributed by atoms with Crippen LogP contribution in [0.2, 0.25) is 0 Å². The van der Waals surface area contributed by atoms with E-state index < -0.39 is 0 Å². The Bertz CT molecular complexity index is 612. The van der Waals surface area contributed by atoms with Crippen molar-refractivity contribution in [1.29, 1.82) is 0 Å². The van der Waals surface area contributed by atoms with Crippen molar-refractivity contribution in [3.05, 3.63) is 65.9 Å². The SMILES string of the molecule is NSc1ccc(/C(N)=C/N(N)Cc2ccc(F)cn2)cc1. The third-order valence-corrected chi connectivity index (χ3v) is 3.31. The minimum absolute atomic E-state index is 0.331. The van der Waals surface area contributed by atoms with Gasteiger partial charge in [0, 0.05) is 11.1 Å². The normalized spacial score (nSPS) is 11.5. The first kappa shape index (κ1) is 15.3. The van der Waals surface area contributed by atoms with Crippen LogP contribution < -0.4 is 16.7 Å². The fourth-order valence-corrected chi connectivity index (χ4v) is 2.01. The molecule has 0 aliphatic heterocycles. The summed E-state index contributed by atoms with van der Waals surface area (Å²) in [5.41, 5.74) is 8.00. The first-order chi connectivity index (χ1) is 10.1. The highest BCUT2D eigenvalue weighted by atomic mass is 32.2. The molecule has 0 spiro atoms. The molecule has 0 unspecified atom stereocenters. The number of hydrazine groups is 1. The van der Waals surface area contributed by atoms with Gasteiger partial charge in [-0.2, -0.15) is 0 Å². The van der Waals surface area contributed by atoms with Crippen molar-refractivity contribution in [2.75, 3.05) is 0 Å². The van der Waals surface area contributed by atoms with Crippen molar-refractivity contribution in [1.82, 2.24) is 9.99 Å². The number of hydrogen-bond acceptors (Lipinski definition) is 6. The Balaban J connectivity index is 2.04. The number of hydrogen-bond donors (Lipinski definition) is 3. The highest BCUT2D eigenvalue weighted by Crippen LogP contribution is 2.16. The van der Waals surface area contributed by atoms with E-state index >= 15 is 0 Å². The number of rotatable bonds is 5. The van der Waals surface area contributed by atoms with Gasteiger partial charge in [-0.1, -0.05) is 12.1 Å². The molecular weight excluding hydrogens is 289 g/mol. The summed E-state index contributed by atoms with van der Waals surface area (Å²) in [6.07, 6.45) is 2.76. The second-order valence-corrected chi connectivity index (χ2v) is 5.07. The Labute approximate surface area is 126 Å². The number of benzene rings is 1. The highest BCUT2D eigenvalue weighted by molar-refractivity contribution is 7.97. The van der Waals surface area contributed by atoms with E-state index in [0.717, 1.165) is 16.7 Å². The summed E-state index contributed by atoms with van der Waals surface area (Å²) >= 11 is 1.17. The lowest BCUT2D eigenvalue weighted by Gasteiger charge is -2.14. The lowest BCUT2D eigenvalue weighted by Crippen LogP contribution is -2.26. The van der Waals surface area contributed by atoms with Crippen molar-refractivity contribution in [3.63, 3.8) is 0 Å². The van der Waals surface area contributed by atoms with Crippen molar-refractivity contribution in [2.24, 2.45) is 16.7 Å². The predicted octanol–water partition coefficient (Wildman–Crippen LogP) is 1.82. The first-order valence-electron chi connectivity index (χ1n) is 6.14. The molecule has 0 fully saturated rings. The molecule has 0 aliphatic carbocycles. The van der Waals surface area contributed by atoms with Crippen LogP contribution in [-0.4, -0.2) is 9.99 Å². The molecule has 1 aromatic carbocycles. The molecule has 2 rings (SSSR count). The van der Waals surface area contributed by atoms with Crippen molar-refractivity contribution < 1.29 is 4.39 Å². The third kappa shape index (κ3) is 4.45. The molecule has 0 amide bonds. The summed E-state index contributed by atoms with van der Waals surface area (Å²) in [5.74, 6) is 5.48. The molecule has 5 nitrogen and oxygen atoms in total. The Morgan fingerprint density at radius 1 is 1.24 bits per heavy atom. The first-order valence-corrected chi connectivity index (χ1v) is 7.02. The molecular formula is C14H16FN5S. The van der Waals surface area contributed by atoms with Crippen molar-refractivity contribution in [3.8, 4) is 0 Å². The van der Waals surface area contributed by atoms with Gasteiger partial charge in [0.05, 0.1) is 24.1 Å². The van der Waals surface area contributed by atoms with Crippen molar-refractivity contribution >= 4 is 17.6 Å². The van der Waals surface area contributed by atoms with Gasteiger partial charge in [-0.3, -0.25) is 10.1 Å². The molecule has 2 aromatic rings. The van der Waals surface area contributed by atoms with Crippen LogP contribution in [0.15, 0.2) is 53.7 Å². The number of halogens is 1. The van der Waals surface area contributed by atoms with E-state index in [1.54, 1.807) is 12.3 Å². The lowest BCUT2D eigenvalue weighted by atomic mass is 10.2. The average molecular weight is 305 g/mol. The summed E-state index contributed by atoms with van der Waals surface area (Å²) in [4.78, 5) is 4.89. The van der Waals surface area contributed by atoms with Crippen LogP contribution in [-0.2, 0) is 6.54 Å². The number of nitrogens with two attached hydrogens (primary N) is 3. The summed E-state index contributed by atoms with van der Waals surface area (Å²) in [5, 5.41) is 6.87. The van der Waals surface area contributed by atoms with Gasteiger partial charge in [0.2, 0.25) is 0 Å². The van der Waals surface area contributed by atoms with Crippen LogP contribution in [0.5, 0.6) is 0 Å². The van der Waals surface area contributed by atoms with Gasteiger partial charge in [-0.05, 0) is 41.8 Å². The van der Waals surface area contributed by atoms with Crippen LogP contribution in [0.1, 0.15) is 11.3 Å². The van der Waals surface area contributed by atoms with E-state index in [4.69, 9.17) is 16.7 Å². The maximum absolute atomic E-state index is 12.8. The fraction of sp³-hybridized carbons (Fsp3) is 0.0714. The van der Waals surface area contributed by atoms with Gasteiger partial charge in [-0.25, -0.2) is 10.2 Å². The van der Waals surface area contributed by atoms with E-state index in [1.807, 2.05) is 24.3 Å². The summed E-state index contributed by atoms with van der Waals surface area (Å²) < 4.78 is 12.8. The third-order valence-electron chi connectivity index (χ3n) is 2.76. The monoisotopic (exact) mass is 305 g/mol. The minimum atomic E-state index is -0.379. The fourth-order valence-electron chi connectivity index (χ4n) is 1.71. The summed E-state index contributed by atoms with van der Waals surface area (Å²) in [6.45, 7) is 0.331. The number of pyridine rings is 1. The van der Waals surface area contributed by atoms with Crippen LogP contribution >= 0.6 is 11.9 Å². The highest BCUT2D eigenvalue weighted by Gasteiger charge is 2.02. The van der Waals surface area contributed by atoms with Gasteiger partial charge in [0.25, 0.3) is 0 Å². The predicted molar refractivity (Wildman–Crippen MR) is 82.6 cm³/mol. The van der Waals surface area contributed by atoms with Gasteiger partial charge in [0.15, 0.2) is 0 Å². The maximum Gasteiger partial charge on any atom is 0.141 e. The Kier molecular flexibility index (Phi) is 5.15. The Morgan fingerprint density at radius 3 is 2.52 bits per heavy atom. The van der Waals surface area contributed by atoms with Gasteiger partial charge in [0.1, 0.15) is 5.82 Å². The molecule has 0 saturated heterocycles. The molecule has 1 aromatic heterocycles. The second kappa shape index (κ2) is 7.07. The zero-order valence-electron chi connectivity index (χ0n) is 11.2. The molecule has 110 valence electrons. The molecule has 0 radical (unpaired) electrons. The number of aromatic nitrogens is 1.